The Morgan fingerprint density at radius 1 is 1.33 bits per heavy atom. The summed E-state index contributed by atoms with van der Waals surface area (Å²) in [5.41, 5.74) is 0.871. The average molecular weight is 319 g/mol. The van der Waals surface area contributed by atoms with E-state index < -0.39 is 6.67 Å². The molecular weight excluding hydrogens is 299 g/mol. The van der Waals surface area contributed by atoms with Crippen molar-refractivity contribution in [2.24, 2.45) is 0 Å². The van der Waals surface area contributed by atoms with E-state index in [4.69, 9.17) is 14.2 Å². The number of rotatable bonds is 4. The Hall–Kier alpha value is -1.24. The van der Waals surface area contributed by atoms with E-state index in [0.717, 1.165) is 31.7 Å². The van der Waals surface area contributed by atoms with Crippen LogP contribution in [0.3, 0.4) is 0 Å². The van der Waals surface area contributed by atoms with Crippen LogP contribution in [0.2, 0.25) is 0 Å². The Morgan fingerprint density at radius 2 is 2.10 bits per heavy atom. The minimum absolute atomic E-state index is 0. The normalized spacial score (nSPS) is 19.0. The second kappa shape index (κ2) is 7.15. The first-order valence-electron chi connectivity index (χ1n) is 6.81. The summed E-state index contributed by atoms with van der Waals surface area (Å²) in [4.78, 5) is 2.15. The summed E-state index contributed by atoms with van der Waals surface area (Å²) in [6, 6.07) is 3.44. The number of nitrogens with one attached hydrogen (secondary N) is 1. The van der Waals surface area contributed by atoms with Gasteiger partial charge in [0, 0.05) is 26.2 Å². The predicted molar refractivity (Wildman–Crippen MR) is 79.5 cm³/mol. The van der Waals surface area contributed by atoms with E-state index in [9.17, 15) is 4.39 Å². The summed E-state index contributed by atoms with van der Waals surface area (Å²) in [5, 5.41) is 3.28. The Bertz CT molecular complexity index is 484. The van der Waals surface area contributed by atoms with Crippen molar-refractivity contribution in [2.45, 2.75) is 6.04 Å². The van der Waals surface area contributed by atoms with E-state index in [0.29, 0.717) is 17.2 Å². The van der Waals surface area contributed by atoms with Crippen LogP contribution in [0.4, 0.5) is 4.39 Å². The van der Waals surface area contributed by atoms with E-state index in [2.05, 4.69) is 10.2 Å². The van der Waals surface area contributed by atoms with Crippen LogP contribution >= 0.6 is 12.4 Å². The molecular formula is C14H20ClFN2O3. The van der Waals surface area contributed by atoms with Crippen molar-refractivity contribution in [1.29, 1.82) is 0 Å². The van der Waals surface area contributed by atoms with Gasteiger partial charge in [-0.1, -0.05) is 0 Å². The molecule has 0 saturated carbocycles. The number of alkyl halides is 1. The third kappa shape index (κ3) is 3.17. The molecule has 3 rings (SSSR count). The molecule has 0 amide bonds. The standard InChI is InChI=1S/C14H19FN2O3.ClH/c1-18-12-6-10(7-13-14(12)20-9-19-13)11(8-15)17-4-2-16-3-5-17;/h6-7,11,16H,2-5,8-9H2,1H3;1H/t11-;/m1./s1. The van der Waals surface area contributed by atoms with E-state index in [1.165, 1.54) is 0 Å². The first kappa shape index (κ1) is 16.1. The van der Waals surface area contributed by atoms with Gasteiger partial charge in [0.2, 0.25) is 12.5 Å². The molecule has 1 aromatic carbocycles. The fourth-order valence-corrected chi connectivity index (χ4v) is 2.73. The van der Waals surface area contributed by atoms with Crippen LogP contribution in [-0.4, -0.2) is 51.7 Å². The molecule has 2 aliphatic rings. The van der Waals surface area contributed by atoms with Crippen molar-refractivity contribution < 1.29 is 18.6 Å². The number of hydrogen-bond donors (Lipinski definition) is 1. The molecule has 0 aromatic heterocycles. The second-order valence-electron chi connectivity index (χ2n) is 4.91. The predicted octanol–water partition coefficient (Wildman–Crippen LogP) is 1.76. The second-order valence-corrected chi connectivity index (χ2v) is 4.91. The highest BCUT2D eigenvalue weighted by atomic mass is 35.5. The summed E-state index contributed by atoms with van der Waals surface area (Å²) in [6.45, 7) is 3.21. The number of halogens is 2. The molecule has 1 aromatic rings. The zero-order valence-electron chi connectivity index (χ0n) is 11.9. The van der Waals surface area contributed by atoms with Crippen molar-refractivity contribution in [3.63, 3.8) is 0 Å². The topological polar surface area (TPSA) is 43.0 Å². The molecule has 2 heterocycles. The zero-order valence-corrected chi connectivity index (χ0v) is 12.7. The largest absolute Gasteiger partial charge is 0.493 e. The Morgan fingerprint density at radius 3 is 2.76 bits per heavy atom. The van der Waals surface area contributed by atoms with Crippen molar-refractivity contribution in [1.82, 2.24) is 10.2 Å². The van der Waals surface area contributed by atoms with Crippen molar-refractivity contribution in [2.75, 3.05) is 46.8 Å². The molecule has 1 saturated heterocycles. The maximum absolute atomic E-state index is 13.5. The van der Waals surface area contributed by atoms with Crippen LogP contribution in [0, 0.1) is 0 Å². The molecule has 0 radical (unpaired) electrons. The number of methoxy groups -OCH3 is 1. The molecule has 1 N–H and O–H groups in total. The van der Waals surface area contributed by atoms with Gasteiger partial charge >= 0.3 is 0 Å². The zero-order chi connectivity index (χ0) is 13.9. The van der Waals surface area contributed by atoms with Gasteiger partial charge in [-0.2, -0.15) is 0 Å². The molecule has 1 atom stereocenters. The van der Waals surface area contributed by atoms with Crippen LogP contribution in [0.1, 0.15) is 11.6 Å². The van der Waals surface area contributed by atoms with Crippen LogP contribution in [0.15, 0.2) is 12.1 Å². The van der Waals surface area contributed by atoms with E-state index in [1.807, 2.05) is 12.1 Å². The molecule has 0 bridgehead atoms. The molecule has 118 valence electrons. The van der Waals surface area contributed by atoms with Crippen molar-refractivity contribution >= 4 is 12.4 Å². The molecule has 5 nitrogen and oxygen atoms in total. The van der Waals surface area contributed by atoms with Crippen molar-refractivity contribution in [3.8, 4) is 17.2 Å². The summed E-state index contributed by atoms with van der Waals surface area (Å²) in [5.74, 6) is 1.84. The van der Waals surface area contributed by atoms with E-state index in [-0.39, 0.29) is 25.2 Å². The van der Waals surface area contributed by atoms with Gasteiger partial charge in [0.15, 0.2) is 11.5 Å². The number of benzene rings is 1. The van der Waals surface area contributed by atoms with Gasteiger partial charge in [0.05, 0.1) is 13.2 Å². The van der Waals surface area contributed by atoms with Gasteiger partial charge in [0.25, 0.3) is 0 Å². The minimum atomic E-state index is -0.428. The summed E-state index contributed by atoms with van der Waals surface area (Å²) >= 11 is 0. The lowest BCUT2D eigenvalue weighted by Gasteiger charge is -2.33. The highest BCUT2D eigenvalue weighted by Gasteiger charge is 2.27. The number of hydrogen-bond acceptors (Lipinski definition) is 5. The van der Waals surface area contributed by atoms with Crippen LogP contribution < -0.4 is 19.5 Å². The Kier molecular flexibility index (Phi) is 5.50. The average Bonchev–Trinajstić information content (AvgIpc) is 2.97. The number of nitrogens with zero attached hydrogens (tertiary/aromatic N) is 1. The smallest absolute Gasteiger partial charge is 0.231 e. The third-order valence-corrected chi connectivity index (χ3v) is 3.80. The fraction of sp³-hybridized carbons (Fsp3) is 0.571. The number of ether oxygens (including phenoxy) is 3. The van der Waals surface area contributed by atoms with E-state index in [1.54, 1.807) is 7.11 Å². The maximum atomic E-state index is 13.5. The molecule has 7 heteroatoms. The van der Waals surface area contributed by atoms with Crippen LogP contribution in [0.25, 0.3) is 0 Å². The first-order valence-corrected chi connectivity index (χ1v) is 6.81. The minimum Gasteiger partial charge on any atom is -0.493 e. The Labute approximate surface area is 129 Å². The van der Waals surface area contributed by atoms with Crippen LogP contribution in [-0.2, 0) is 0 Å². The number of fused-ring (bicyclic) bond motifs is 1. The summed E-state index contributed by atoms with van der Waals surface area (Å²) in [7, 11) is 1.58. The molecule has 0 spiro atoms. The molecule has 0 unspecified atom stereocenters. The molecule has 2 aliphatic heterocycles. The SMILES string of the molecule is COc1cc([C@@H](CF)N2CCNCC2)cc2c1OCO2.Cl. The van der Waals surface area contributed by atoms with E-state index >= 15 is 0 Å². The first-order chi connectivity index (χ1) is 9.83. The highest BCUT2D eigenvalue weighted by Crippen LogP contribution is 2.43. The fourth-order valence-electron chi connectivity index (χ4n) is 2.73. The number of piperazine rings is 1. The van der Waals surface area contributed by atoms with Gasteiger partial charge in [-0.15, -0.1) is 12.4 Å². The van der Waals surface area contributed by atoms with Crippen molar-refractivity contribution in [3.05, 3.63) is 17.7 Å². The third-order valence-electron chi connectivity index (χ3n) is 3.80. The summed E-state index contributed by atoms with van der Waals surface area (Å²) < 4.78 is 29.6. The molecule has 21 heavy (non-hydrogen) atoms. The van der Waals surface area contributed by atoms with Crippen LogP contribution in [0.5, 0.6) is 17.2 Å². The molecule has 1 fully saturated rings. The van der Waals surface area contributed by atoms with Gasteiger partial charge in [-0.3, -0.25) is 4.90 Å². The van der Waals surface area contributed by atoms with Gasteiger partial charge in [-0.25, -0.2) is 4.39 Å². The lowest BCUT2D eigenvalue weighted by atomic mass is 10.0. The summed E-state index contributed by atoms with van der Waals surface area (Å²) in [6.07, 6.45) is 0. The Balaban J connectivity index is 0.00000161. The lowest BCUT2D eigenvalue weighted by molar-refractivity contribution is 0.147. The lowest BCUT2D eigenvalue weighted by Crippen LogP contribution is -2.45. The monoisotopic (exact) mass is 318 g/mol. The quantitative estimate of drug-likeness (QED) is 0.916. The van der Waals surface area contributed by atoms with Gasteiger partial charge in [-0.05, 0) is 17.7 Å². The molecule has 0 aliphatic carbocycles. The maximum Gasteiger partial charge on any atom is 0.231 e. The van der Waals surface area contributed by atoms with Gasteiger partial charge < -0.3 is 19.5 Å². The van der Waals surface area contributed by atoms with Gasteiger partial charge in [0.1, 0.15) is 6.67 Å². The highest BCUT2D eigenvalue weighted by molar-refractivity contribution is 5.85.